The van der Waals surface area contributed by atoms with E-state index < -0.39 is 10.8 Å². The predicted molar refractivity (Wildman–Crippen MR) is 260 cm³/mol. The number of anilines is 2. The summed E-state index contributed by atoms with van der Waals surface area (Å²) in [4.78, 5) is 72.1. The molecule has 2 fully saturated rings. The summed E-state index contributed by atoms with van der Waals surface area (Å²) in [6.45, 7) is 5.88. The van der Waals surface area contributed by atoms with E-state index in [2.05, 4.69) is 57.2 Å². The fraction of sp³-hybridized carbons (Fsp3) is 0.185. The number of nitrogens with one attached hydrogen (secondary N) is 1. The van der Waals surface area contributed by atoms with E-state index in [-0.39, 0.29) is 23.0 Å². The molecule has 1 N–H and O–H groups in total. The Morgan fingerprint density at radius 3 is 1.45 bits per heavy atom. The van der Waals surface area contributed by atoms with Crippen molar-refractivity contribution < 1.29 is 19.2 Å². The number of benzene rings is 4. The van der Waals surface area contributed by atoms with E-state index in [1.807, 2.05) is 126 Å². The lowest BCUT2D eigenvalue weighted by Crippen LogP contribution is -2.64. The number of hydrogen-bond acceptors (Lipinski definition) is 9. The number of nitrogens with zero attached hydrogens (tertiary/aromatic N) is 7. The fourth-order valence-corrected chi connectivity index (χ4v) is 9.97. The first kappa shape index (κ1) is 43.2. The van der Waals surface area contributed by atoms with Crippen LogP contribution in [0.2, 0.25) is 0 Å². The summed E-state index contributed by atoms with van der Waals surface area (Å²) in [5, 5.41) is 7.25. The molecule has 4 aliphatic heterocycles. The first-order valence-corrected chi connectivity index (χ1v) is 22.5. The number of halogens is 1. The largest absolute Gasteiger partial charge is 0.340 e. The van der Waals surface area contributed by atoms with Crippen LogP contribution >= 0.6 is 11.6 Å². The summed E-state index contributed by atoms with van der Waals surface area (Å²) in [7, 11) is 0. The van der Waals surface area contributed by atoms with Crippen LogP contribution in [0.3, 0.4) is 0 Å². The molecule has 0 radical (unpaired) electrons. The Bertz CT molecular complexity index is 3230. The molecule has 0 aliphatic carbocycles. The van der Waals surface area contributed by atoms with E-state index >= 15 is 0 Å². The number of carbonyl (C=O) groups is 4. The highest BCUT2D eigenvalue weighted by molar-refractivity contribution is 6.62. The number of hydrogen-bond donors (Lipinski definition) is 1. The highest BCUT2D eigenvalue weighted by Gasteiger charge is 2.59. The van der Waals surface area contributed by atoms with Crippen molar-refractivity contribution in [3.05, 3.63) is 181 Å². The van der Waals surface area contributed by atoms with Gasteiger partial charge >= 0.3 is 0 Å². The molecule has 8 aromatic rings. The van der Waals surface area contributed by atoms with Crippen LogP contribution in [0.1, 0.15) is 36.4 Å². The van der Waals surface area contributed by atoms with Crippen LogP contribution in [-0.4, -0.2) is 74.0 Å². The molecule has 2 saturated heterocycles. The summed E-state index contributed by atoms with van der Waals surface area (Å²) in [6, 6.07) is 40.4. The fourth-order valence-electron chi connectivity index (χ4n) is 9.97. The summed E-state index contributed by atoms with van der Waals surface area (Å²) in [5.74, 6) is 0.197. The number of para-hydroxylation sites is 2. The number of likely N-dealkylation sites (tertiary alicyclic amines) is 1. The lowest BCUT2D eigenvalue weighted by atomic mass is 9.74. The van der Waals surface area contributed by atoms with Crippen molar-refractivity contribution in [1.82, 2.24) is 30.2 Å². The van der Waals surface area contributed by atoms with Gasteiger partial charge in [-0.2, -0.15) is 0 Å². The van der Waals surface area contributed by atoms with Gasteiger partial charge in [-0.3, -0.25) is 39.1 Å². The summed E-state index contributed by atoms with van der Waals surface area (Å²) in [6.07, 6.45) is 11.0. The molecular weight excluding hydrogens is 860 g/mol. The summed E-state index contributed by atoms with van der Waals surface area (Å²) in [5.41, 5.74) is 8.65. The van der Waals surface area contributed by atoms with Crippen molar-refractivity contribution in [2.45, 2.75) is 37.8 Å². The van der Waals surface area contributed by atoms with Crippen LogP contribution in [0.15, 0.2) is 159 Å². The predicted octanol–water partition coefficient (Wildman–Crippen LogP) is 8.40. The molecule has 12 nitrogen and oxygen atoms in total. The number of aromatic nitrogens is 4. The van der Waals surface area contributed by atoms with Crippen LogP contribution < -0.4 is 15.1 Å². The molecule has 332 valence electrons. The third-order valence-corrected chi connectivity index (χ3v) is 13.2. The van der Waals surface area contributed by atoms with E-state index in [4.69, 9.17) is 9.97 Å². The lowest BCUT2D eigenvalue weighted by Gasteiger charge is -2.46. The van der Waals surface area contributed by atoms with Gasteiger partial charge in [0.25, 0.3) is 0 Å². The number of amides is 3. The van der Waals surface area contributed by atoms with Gasteiger partial charge in [-0.25, -0.2) is 0 Å². The molecule has 8 heterocycles. The van der Waals surface area contributed by atoms with Crippen molar-refractivity contribution in [3.8, 4) is 22.3 Å². The van der Waals surface area contributed by atoms with Gasteiger partial charge in [0.1, 0.15) is 10.8 Å². The van der Waals surface area contributed by atoms with Gasteiger partial charge < -0.3 is 20.0 Å². The molecule has 13 heteroatoms. The number of carbonyl (C=O) groups excluding carboxylic acids is 4. The minimum absolute atomic E-state index is 0.000541. The molecule has 67 heavy (non-hydrogen) atoms. The Morgan fingerprint density at radius 1 is 0.582 bits per heavy atom. The topological polar surface area (TPSA) is 142 Å². The first-order chi connectivity index (χ1) is 32.6. The average molecular weight is 905 g/mol. The standard InChI is InChI=1S/C27H22N4O2.C25H20N4O.C2H3ClO/c1-18(32)30-16-27(17-30)22-10-4-5-11-24(22)31(26(27)33)15-23-25(20-8-6-12-28-13-20)21-9-3-2-7-19(21)14-29-23;30-24-25(15-27-16-25)20-9-3-4-10-22(20)29(24)14-21-23(18-7-5-11-26-12-18)19-8-2-1-6-17(19)13-28-21;1-2(3)4/h2-14H,15-17H2,1H3;1-13,27H,14-16H2;1H3. The van der Waals surface area contributed by atoms with Gasteiger partial charge in [0.2, 0.25) is 23.0 Å². The smallest absolute Gasteiger partial charge is 0.241 e. The normalized spacial score (nSPS) is 15.8. The van der Waals surface area contributed by atoms with Crippen LogP contribution in [-0.2, 0) is 43.1 Å². The Balaban J connectivity index is 0.000000146. The van der Waals surface area contributed by atoms with E-state index in [1.165, 1.54) is 6.92 Å². The average Bonchev–Trinajstić information content (AvgIpc) is 3.72. The molecule has 4 aromatic carbocycles. The van der Waals surface area contributed by atoms with E-state index in [0.29, 0.717) is 39.3 Å². The quantitative estimate of drug-likeness (QED) is 0.163. The zero-order chi connectivity index (χ0) is 46.3. The molecule has 0 unspecified atom stereocenters. The van der Waals surface area contributed by atoms with E-state index in [9.17, 15) is 19.2 Å². The maximum Gasteiger partial charge on any atom is 0.241 e. The zero-order valence-corrected chi connectivity index (χ0v) is 37.7. The van der Waals surface area contributed by atoms with Gasteiger partial charge in [-0.15, -0.1) is 0 Å². The van der Waals surface area contributed by atoms with Crippen molar-refractivity contribution in [3.63, 3.8) is 0 Å². The minimum atomic E-state index is -0.659. The van der Waals surface area contributed by atoms with E-state index in [0.717, 1.165) is 77.7 Å². The number of rotatable bonds is 6. The second-order valence-electron chi connectivity index (χ2n) is 17.2. The zero-order valence-electron chi connectivity index (χ0n) is 36.9. The van der Waals surface area contributed by atoms with E-state index in [1.54, 1.807) is 24.2 Å². The molecular formula is C54H45ClN8O4. The molecule has 12 rings (SSSR count). The van der Waals surface area contributed by atoms with Gasteiger partial charge in [0.15, 0.2) is 0 Å². The Labute approximate surface area is 392 Å². The third-order valence-electron chi connectivity index (χ3n) is 13.2. The van der Waals surface area contributed by atoms with Crippen LogP contribution in [0.5, 0.6) is 0 Å². The van der Waals surface area contributed by atoms with Crippen LogP contribution in [0, 0.1) is 0 Å². The maximum absolute atomic E-state index is 13.8. The van der Waals surface area contributed by atoms with Crippen molar-refractivity contribution in [2.24, 2.45) is 0 Å². The second kappa shape index (κ2) is 17.6. The van der Waals surface area contributed by atoms with Crippen molar-refractivity contribution in [1.29, 1.82) is 0 Å². The van der Waals surface area contributed by atoms with Crippen molar-refractivity contribution >= 4 is 67.5 Å². The Morgan fingerprint density at radius 2 is 1.01 bits per heavy atom. The monoisotopic (exact) mass is 904 g/mol. The Hall–Kier alpha value is -7.67. The number of fused-ring (bicyclic) bond motifs is 6. The molecule has 0 bridgehead atoms. The first-order valence-electron chi connectivity index (χ1n) is 22.1. The SMILES string of the molecule is CC(=O)Cl.CC(=O)N1CC2(C1)C(=O)N(Cc1ncc3ccccc3c1-c1cccnc1)c1ccccc12.O=C1N(Cc2ncc3ccccc3c2-c2cccnc2)c2ccccc2C12CNC2. The summed E-state index contributed by atoms with van der Waals surface area (Å²) >= 11 is 4.64. The molecule has 2 spiro atoms. The highest BCUT2D eigenvalue weighted by Crippen LogP contribution is 2.49. The van der Waals surface area contributed by atoms with Crippen LogP contribution in [0.25, 0.3) is 43.8 Å². The summed E-state index contributed by atoms with van der Waals surface area (Å²) < 4.78 is 0. The third kappa shape index (κ3) is 7.57. The Kier molecular flexibility index (Phi) is 11.4. The van der Waals surface area contributed by atoms with Crippen molar-refractivity contribution in [2.75, 3.05) is 36.0 Å². The van der Waals surface area contributed by atoms with Gasteiger partial charge in [0, 0.05) is 122 Å². The van der Waals surface area contributed by atoms with Gasteiger partial charge in [-0.1, -0.05) is 97.1 Å². The molecule has 0 saturated carbocycles. The minimum Gasteiger partial charge on any atom is -0.340 e. The molecule has 4 aromatic heterocycles. The van der Waals surface area contributed by atoms with Gasteiger partial charge in [-0.05, 0) is 57.8 Å². The highest BCUT2D eigenvalue weighted by atomic mass is 35.5. The molecule has 3 amide bonds. The molecule has 0 atom stereocenters. The maximum atomic E-state index is 13.8. The lowest BCUT2D eigenvalue weighted by molar-refractivity contribution is -0.142. The van der Waals surface area contributed by atoms with Gasteiger partial charge in [0.05, 0.1) is 24.5 Å². The van der Waals surface area contributed by atoms with Crippen LogP contribution in [0.4, 0.5) is 11.4 Å². The molecule has 4 aliphatic rings. The second-order valence-corrected chi connectivity index (χ2v) is 17.8. The number of pyridine rings is 4.